The first kappa shape index (κ1) is 10.3. The molecule has 0 saturated heterocycles. The molecule has 1 fully saturated rings. The summed E-state index contributed by atoms with van der Waals surface area (Å²) < 4.78 is 5.01. The molecule has 0 aromatic carbocycles. The highest BCUT2D eigenvalue weighted by molar-refractivity contribution is 5.82. The van der Waals surface area contributed by atoms with Crippen LogP contribution in [0.5, 0.6) is 0 Å². The number of rotatable bonds is 3. The molecular weight excluding hydrogens is 218 g/mol. The van der Waals surface area contributed by atoms with Crippen molar-refractivity contribution in [1.29, 1.82) is 0 Å². The molecule has 2 aromatic heterocycles. The van der Waals surface area contributed by atoms with Crippen molar-refractivity contribution in [1.82, 2.24) is 15.2 Å². The summed E-state index contributed by atoms with van der Waals surface area (Å²) in [6.45, 7) is 2.26. The van der Waals surface area contributed by atoms with Crippen LogP contribution in [0, 0.1) is 5.92 Å². The van der Waals surface area contributed by atoms with E-state index in [0.717, 1.165) is 23.1 Å². The first-order valence-corrected chi connectivity index (χ1v) is 5.77. The Labute approximate surface area is 98.2 Å². The van der Waals surface area contributed by atoms with Crippen LogP contribution in [0.2, 0.25) is 0 Å². The maximum absolute atomic E-state index is 11.6. The normalized spacial score (nSPS) is 22.6. The van der Waals surface area contributed by atoms with E-state index >= 15 is 0 Å². The maximum atomic E-state index is 11.6. The van der Waals surface area contributed by atoms with Crippen LogP contribution in [0.1, 0.15) is 25.0 Å². The number of ether oxygens (including phenoxy) is 1. The fraction of sp³-hybridized carbons (Fsp3) is 0.417. The van der Waals surface area contributed by atoms with Crippen LogP contribution in [0.25, 0.3) is 11.0 Å². The molecule has 17 heavy (non-hydrogen) atoms. The monoisotopic (exact) mass is 231 g/mol. The molecule has 0 amide bonds. The molecule has 2 aromatic rings. The molecule has 0 aliphatic heterocycles. The number of hydrogen-bond donors (Lipinski definition) is 1. The summed E-state index contributed by atoms with van der Waals surface area (Å²) in [6.07, 6.45) is 2.55. The van der Waals surface area contributed by atoms with Crippen LogP contribution in [-0.4, -0.2) is 27.8 Å². The summed E-state index contributed by atoms with van der Waals surface area (Å²) in [7, 11) is 0. The number of nitrogens with one attached hydrogen (secondary N) is 1. The summed E-state index contributed by atoms with van der Waals surface area (Å²) in [6, 6.07) is 3.85. The molecule has 3 rings (SSSR count). The van der Waals surface area contributed by atoms with Crippen molar-refractivity contribution in [3.63, 3.8) is 0 Å². The van der Waals surface area contributed by atoms with Crippen LogP contribution in [0.3, 0.4) is 0 Å². The van der Waals surface area contributed by atoms with E-state index in [1.807, 2.05) is 19.1 Å². The topological polar surface area (TPSA) is 67.9 Å². The highest BCUT2D eigenvalue weighted by atomic mass is 16.5. The first-order valence-electron chi connectivity index (χ1n) is 5.77. The van der Waals surface area contributed by atoms with E-state index in [-0.39, 0.29) is 17.8 Å². The summed E-state index contributed by atoms with van der Waals surface area (Å²) in [5.74, 6) is 0.0474. The Bertz CT molecular complexity index is 564. The molecule has 0 bridgehead atoms. The smallest absolute Gasteiger partial charge is 0.309 e. The molecule has 0 spiro atoms. The molecule has 2 unspecified atom stereocenters. The Morgan fingerprint density at radius 1 is 1.65 bits per heavy atom. The predicted octanol–water partition coefficient (Wildman–Crippen LogP) is 1.62. The molecule has 1 aliphatic carbocycles. The average molecular weight is 231 g/mol. The van der Waals surface area contributed by atoms with Crippen molar-refractivity contribution in [2.45, 2.75) is 19.3 Å². The number of pyridine rings is 1. The molecule has 88 valence electrons. The fourth-order valence-electron chi connectivity index (χ4n) is 2.16. The van der Waals surface area contributed by atoms with Gasteiger partial charge in [0.25, 0.3) is 0 Å². The summed E-state index contributed by atoms with van der Waals surface area (Å²) >= 11 is 0. The van der Waals surface area contributed by atoms with Crippen LogP contribution >= 0.6 is 0 Å². The summed E-state index contributed by atoms with van der Waals surface area (Å²) in [5, 5.41) is 8.15. The Morgan fingerprint density at radius 2 is 2.53 bits per heavy atom. The number of esters is 1. The van der Waals surface area contributed by atoms with E-state index in [4.69, 9.17) is 4.74 Å². The van der Waals surface area contributed by atoms with E-state index in [0.29, 0.717) is 6.61 Å². The molecule has 0 radical (unpaired) electrons. The van der Waals surface area contributed by atoms with E-state index in [9.17, 15) is 4.79 Å². The SMILES string of the molecule is CCOC(=O)C1CC1c1n[nH]c2ncccc12. The lowest BCUT2D eigenvalue weighted by Crippen LogP contribution is -2.07. The van der Waals surface area contributed by atoms with Crippen LogP contribution in [0.4, 0.5) is 0 Å². The molecule has 2 atom stereocenters. The third-order valence-corrected chi connectivity index (χ3v) is 3.10. The number of carbonyl (C=O) groups excluding carboxylic acids is 1. The van der Waals surface area contributed by atoms with Gasteiger partial charge in [-0.1, -0.05) is 0 Å². The van der Waals surface area contributed by atoms with Crippen LogP contribution < -0.4 is 0 Å². The van der Waals surface area contributed by atoms with E-state index in [1.165, 1.54) is 0 Å². The second kappa shape index (κ2) is 3.84. The lowest BCUT2D eigenvalue weighted by Gasteiger charge is -1.99. The fourth-order valence-corrected chi connectivity index (χ4v) is 2.16. The molecule has 5 nitrogen and oxygen atoms in total. The zero-order chi connectivity index (χ0) is 11.8. The predicted molar refractivity (Wildman–Crippen MR) is 61.4 cm³/mol. The van der Waals surface area contributed by atoms with Crippen molar-refractivity contribution in [3.05, 3.63) is 24.0 Å². The zero-order valence-corrected chi connectivity index (χ0v) is 9.51. The molecule has 2 heterocycles. The number of hydrogen-bond acceptors (Lipinski definition) is 4. The van der Waals surface area contributed by atoms with Gasteiger partial charge in [-0.3, -0.25) is 9.89 Å². The quantitative estimate of drug-likeness (QED) is 0.815. The minimum Gasteiger partial charge on any atom is -0.466 e. The Hall–Kier alpha value is -1.91. The maximum Gasteiger partial charge on any atom is 0.309 e. The number of aromatic amines is 1. The minimum absolute atomic E-state index is 0.0262. The largest absolute Gasteiger partial charge is 0.466 e. The number of aromatic nitrogens is 3. The van der Waals surface area contributed by atoms with Gasteiger partial charge in [-0.25, -0.2) is 4.98 Å². The number of carbonyl (C=O) groups is 1. The highest BCUT2D eigenvalue weighted by Gasteiger charge is 2.47. The van der Waals surface area contributed by atoms with Crippen molar-refractivity contribution in [3.8, 4) is 0 Å². The van der Waals surface area contributed by atoms with Crippen molar-refractivity contribution in [2.75, 3.05) is 6.61 Å². The molecular formula is C12H13N3O2. The van der Waals surface area contributed by atoms with Crippen molar-refractivity contribution >= 4 is 17.0 Å². The number of fused-ring (bicyclic) bond motifs is 1. The van der Waals surface area contributed by atoms with Gasteiger partial charge in [0, 0.05) is 17.5 Å². The van der Waals surface area contributed by atoms with Gasteiger partial charge in [0.05, 0.1) is 18.2 Å². The van der Waals surface area contributed by atoms with Gasteiger partial charge in [0.1, 0.15) is 0 Å². The lowest BCUT2D eigenvalue weighted by molar-refractivity contribution is -0.144. The third-order valence-electron chi connectivity index (χ3n) is 3.10. The van der Waals surface area contributed by atoms with Crippen LogP contribution in [0.15, 0.2) is 18.3 Å². The minimum atomic E-state index is -0.113. The van der Waals surface area contributed by atoms with Gasteiger partial charge in [-0.2, -0.15) is 5.10 Å². The second-order valence-corrected chi connectivity index (χ2v) is 4.21. The number of H-pyrrole nitrogens is 1. The Kier molecular flexibility index (Phi) is 2.31. The highest BCUT2D eigenvalue weighted by Crippen LogP contribution is 2.49. The molecule has 1 N–H and O–H groups in total. The molecule has 1 saturated carbocycles. The third kappa shape index (κ3) is 1.67. The van der Waals surface area contributed by atoms with Gasteiger partial charge < -0.3 is 4.74 Å². The van der Waals surface area contributed by atoms with Gasteiger partial charge in [0.15, 0.2) is 5.65 Å². The lowest BCUT2D eigenvalue weighted by atomic mass is 10.2. The second-order valence-electron chi connectivity index (χ2n) is 4.21. The summed E-state index contributed by atoms with van der Waals surface area (Å²) in [4.78, 5) is 15.8. The molecule has 5 heteroatoms. The number of nitrogens with zero attached hydrogens (tertiary/aromatic N) is 2. The Balaban J connectivity index is 1.85. The van der Waals surface area contributed by atoms with Crippen molar-refractivity contribution in [2.24, 2.45) is 5.92 Å². The summed E-state index contributed by atoms with van der Waals surface area (Å²) in [5.41, 5.74) is 1.71. The van der Waals surface area contributed by atoms with Gasteiger partial charge in [-0.15, -0.1) is 0 Å². The van der Waals surface area contributed by atoms with Crippen molar-refractivity contribution < 1.29 is 9.53 Å². The van der Waals surface area contributed by atoms with E-state index < -0.39 is 0 Å². The first-order chi connectivity index (χ1) is 8.31. The van der Waals surface area contributed by atoms with E-state index in [2.05, 4.69) is 15.2 Å². The van der Waals surface area contributed by atoms with Gasteiger partial charge in [-0.05, 0) is 25.5 Å². The standard InChI is InChI=1S/C12H13N3O2/c1-2-17-12(16)9-6-8(9)10-7-4-3-5-13-11(7)15-14-10/h3-5,8-9H,2,6H2,1H3,(H,13,14,15). The Morgan fingerprint density at radius 3 is 3.35 bits per heavy atom. The zero-order valence-electron chi connectivity index (χ0n) is 9.51. The van der Waals surface area contributed by atoms with Crippen LogP contribution in [-0.2, 0) is 9.53 Å². The molecule has 1 aliphatic rings. The van der Waals surface area contributed by atoms with E-state index in [1.54, 1.807) is 6.20 Å². The van der Waals surface area contributed by atoms with Gasteiger partial charge >= 0.3 is 5.97 Å². The van der Waals surface area contributed by atoms with Gasteiger partial charge in [0.2, 0.25) is 0 Å². The average Bonchev–Trinajstić information content (AvgIpc) is 3.02.